The molecule has 0 saturated heterocycles. The van der Waals surface area contributed by atoms with Crippen LogP contribution in [0.25, 0.3) is 0 Å². The van der Waals surface area contributed by atoms with E-state index in [1.807, 2.05) is 5.32 Å². The number of para-hydroxylation sites is 1. The topological polar surface area (TPSA) is 120 Å². The molecule has 0 saturated carbocycles. The van der Waals surface area contributed by atoms with Gasteiger partial charge in [0, 0.05) is 11.8 Å². The summed E-state index contributed by atoms with van der Waals surface area (Å²) in [5.74, 6) is -1.05. The van der Waals surface area contributed by atoms with Crippen molar-refractivity contribution in [1.82, 2.24) is 9.97 Å². The maximum absolute atomic E-state index is 11.9. The Bertz CT molecular complexity index is 947. The molecule has 2 rings (SSSR count). The molecule has 0 atom stereocenters. The molecule has 0 bridgehead atoms. The van der Waals surface area contributed by atoms with Crippen LogP contribution in [-0.2, 0) is 10.5 Å². The largest absolute Gasteiger partial charge is 0.573 e. The van der Waals surface area contributed by atoms with E-state index in [-0.39, 0.29) is 11.4 Å². The van der Waals surface area contributed by atoms with Crippen LogP contribution in [0.3, 0.4) is 0 Å². The molecule has 0 aliphatic heterocycles. The molecule has 0 fully saturated rings. The van der Waals surface area contributed by atoms with Crippen LogP contribution >= 0.6 is 0 Å². The van der Waals surface area contributed by atoms with Crippen molar-refractivity contribution in [3.63, 3.8) is 0 Å². The Balaban J connectivity index is 0.000000326. The molecule has 1 N–H and O–H groups in total. The molecule has 1 aromatic carbocycles. The number of aryl methyl sites for hydroxylation is 1. The van der Waals surface area contributed by atoms with E-state index >= 15 is 0 Å². The van der Waals surface area contributed by atoms with E-state index in [0.717, 1.165) is 6.07 Å². The lowest BCUT2D eigenvalue weighted by Gasteiger charge is -2.07. The number of alkyl halides is 5. The van der Waals surface area contributed by atoms with Crippen molar-refractivity contribution in [3.8, 4) is 11.6 Å². The predicted molar refractivity (Wildman–Crippen MR) is 86.9 cm³/mol. The van der Waals surface area contributed by atoms with Crippen LogP contribution < -0.4 is 14.8 Å². The predicted octanol–water partition coefficient (Wildman–Crippen LogP) is 3.57. The zero-order chi connectivity index (χ0) is 22.0. The number of rotatable bonds is 4. The third-order valence-corrected chi connectivity index (χ3v) is 2.71. The number of carbonyl (C=O) groups is 1. The van der Waals surface area contributed by atoms with E-state index in [1.165, 1.54) is 31.2 Å². The first kappa shape index (κ1) is 23.7. The van der Waals surface area contributed by atoms with Crippen LogP contribution in [0.15, 0.2) is 40.8 Å². The van der Waals surface area contributed by atoms with Crippen molar-refractivity contribution in [2.75, 3.05) is 5.32 Å². The quantitative estimate of drug-likeness (QED) is 0.719. The average molecular weight is 442 g/mol. The van der Waals surface area contributed by atoms with Crippen molar-refractivity contribution < 1.29 is 44.6 Å². The summed E-state index contributed by atoms with van der Waals surface area (Å²) >= 11 is 0. The molecule has 0 aliphatic carbocycles. The first-order chi connectivity index (χ1) is 13.4. The number of halogens is 5. The van der Waals surface area contributed by atoms with Crippen LogP contribution in [0.4, 0.5) is 32.7 Å². The number of anilines is 1. The molecule has 1 aromatic heterocycles. The van der Waals surface area contributed by atoms with Crippen molar-refractivity contribution >= 4 is 22.5 Å². The fraction of sp³-hybridized carbons (Fsp3) is 0.214. The van der Waals surface area contributed by atoms with E-state index in [0.29, 0.717) is 0 Å². The van der Waals surface area contributed by atoms with Crippen molar-refractivity contribution in [2.24, 2.45) is 4.36 Å². The highest BCUT2D eigenvalue weighted by Gasteiger charge is 2.30. The number of urea groups is 1. The Morgan fingerprint density at radius 3 is 2.31 bits per heavy atom. The van der Waals surface area contributed by atoms with Crippen LogP contribution in [0.1, 0.15) is 5.69 Å². The molecule has 15 heteroatoms. The van der Waals surface area contributed by atoms with Gasteiger partial charge in [0.2, 0.25) is 11.8 Å². The fourth-order valence-electron chi connectivity index (χ4n) is 1.56. The molecule has 2 amide bonds. The first-order valence-electron chi connectivity index (χ1n) is 7.18. The Hall–Kier alpha value is -3.36. The van der Waals surface area contributed by atoms with Crippen LogP contribution in [0, 0.1) is 6.92 Å². The SMILES string of the molecule is Cc1cc(OC(F)F)nc(NC(=O)N=S(=O)=O)n1.FC(F)(F)Oc1ccccc1. The third kappa shape index (κ3) is 11.2. The lowest BCUT2D eigenvalue weighted by molar-refractivity contribution is -0.274. The van der Waals surface area contributed by atoms with Gasteiger partial charge in [-0.3, -0.25) is 5.32 Å². The second-order valence-electron chi connectivity index (χ2n) is 4.65. The van der Waals surface area contributed by atoms with E-state index < -0.39 is 41.3 Å². The number of nitrogens with zero attached hydrogens (tertiary/aromatic N) is 3. The van der Waals surface area contributed by atoms with Gasteiger partial charge in [-0.25, -0.2) is 9.78 Å². The highest BCUT2D eigenvalue weighted by atomic mass is 32.2. The molecule has 0 radical (unpaired) electrons. The second kappa shape index (κ2) is 10.8. The molecule has 158 valence electrons. The molecule has 9 nitrogen and oxygen atoms in total. The highest BCUT2D eigenvalue weighted by Crippen LogP contribution is 2.21. The molecule has 1 heterocycles. The van der Waals surface area contributed by atoms with Crippen molar-refractivity contribution in [2.45, 2.75) is 19.9 Å². The number of nitrogens with one attached hydrogen (secondary N) is 1. The number of carbonyl (C=O) groups excluding carboxylic acids is 1. The summed E-state index contributed by atoms with van der Waals surface area (Å²) in [5, 5.41) is 1.88. The molecule has 2 aromatic rings. The lowest BCUT2D eigenvalue weighted by Crippen LogP contribution is -2.16. The van der Waals surface area contributed by atoms with Gasteiger partial charge in [-0.1, -0.05) is 22.6 Å². The van der Waals surface area contributed by atoms with Crippen LogP contribution in [0.2, 0.25) is 0 Å². The zero-order valence-corrected chi connectivity index (χ0v) is 15.0. The van der Waals surface area contributed by atoms with Crippen molar-refractivity contribution in [3.05, 3.63) is 42.1 Å². The number of benzene rings is 1. The summed E-state index contributed by atoms with van der Waals surface area (Å²) in [6.07, 6.45) is -4.60. The van der Waals surface area contributed by atoms with E-state index in [4.69, 9.17) is 0 Å². The summed E-state index contributed by atoms with van der Waals surface area (Å²) < 4.78 is 88.8. The van der Waals surface area contributed by atoms with Gasteiger partial charge in [0.15, 0.2) is 0 Å². The van der Waals surface area contributed by atoms with Gasteiger partial charge in [-0.15, -0.1) is 13.2 Å². The second-order valence-corrected chi connectivity index (χ2v) is 5.27. The standard InChI is InChI=1S/C7H5F3O.C7H6F2N4O4S/c8-7(9,10)11-6-4-2-1-3-5-6;1-3-2-4(17-5(8)9)11-6(10-3)12-7(14)13-18(15)16/h1-5H;2,5H,1H3,(H,10,11,12,14). The van der Waals surface area contributed by atoms with Gasteiger partial charge in [0.1, 0.15) is 5.75 Å². The molecule has 0 aliphatic rings. The van der Waals surface area contributed by atoms with Gasteiger partial charge >= 0.3 is 29.5 Å². The van der Waals surface area contributed by atoms with Crippen molar-refractivity contribution in [1.29, 1.82) is 0 Å². The zero-order valence-electron chi connectivity index (χ0n) is 14.2. The monoisotopic (exact) mass is 442 g/mol. The Labute approximate surface area is 161 Å². The fourth-order valence-corrected chi connectivity index (χ4v) is 1.74. The summed E-state index contributed by atoms with van der Waals surface area (Å²) in [7, 11) is -2.93. The molecule has 0 unspecified atom stereocenters. The minimum absolute atomic E-state index is 0.194. The van der Waals surface area contributed by atoms with Gasteiger partial charge in [-0.05, 0) is 19.1 Å². The molecule has 29 heavy (non-hydrogen) atoms. The molecule has 0 spiro atoms. The number of hydrogen-bond donors (Lipinski definition) is 1. The highest BCUT2D eigenvalue weighted by molar-refractivity contribution is 7.62. The smallest absolute Gasteiger partial charge is 0.417 e. The maximum Gasteiger partial charge on any atom is 0.573 e. The maximum atomic E-state index is 11.9. The van der Waals surface area contributed by atoms with E-state index in [1.54, 1.807) is 6.07 Å². The normalized spacial score (nSPS) is 10.4. The summed E-state index contributed by atoms with van der Waals surface area (Å²) in [4.78, 5) is 18.0. The third-order valence-electron chi connectivity index (χ3n) is 2.39. The Morgan fingerprint density at radius 1 is 1.17 bits per heavy atom. The average Bonchev–Trinajstić information content (AvgIpc) is 2.52. The van der Waals surface area contributed by atoms with Gasteiger partial charge in [0.25, 0.3) is 0 Å². The molecular weight excluding hydrogens is 431 g/mol. The van der Waals surface area contributed by atoms with Gasteiger partial charge in [-0.2, -0.15) is 22.2 Å². The number of ether oxygens (including phenoxy) is 2. The summed E-state index contributed by atoms with van der Waals surface area (Å²) in [6.45, 7) is -1.64. The van der Waals surface area contributed by atoms with Crippen LogP contribution in [0.5, 0.6) is 11.6 Å². The first-order valence-corrected chi connectivity index (χ1v) is 8.21. The minimum atomic E-state index is -4.60. The summed E-state index contributed by atoms with van der Waals surface area (Å²) in [6, 6.07) is 6.91. The molecular formula is C14H11F5N4O5S. The number of amides is 2. The lowest BCUT2D eigenvalue weighted by atomic mass is 10.3. The van der Waals surface area contributed by atoms with E-state index in [2.05, 4.69) is 23.8 Å². The van der Waals surface area contributed by atoms with Gasteiger partial charge in [0.05, 0.1) is 0 Å². The van der Waals surface area contributed by atoms with E-state index in [9.17, 15) is 35.2 Å². The number of aromatic nitrogens is 2. The number of hydrogen-bond acceptors (Lipinski definition) is 7. The Morgan fingerprint density at radius 2 is 1.79 bits per heavy atom. The summed E-state index contributed by atoms with van der Waals surface area (Å²) in [5.41, 5.74) is 0.235. The minimum Gasteiger partial charge on any atom is -0.417 e. The van der Waals surface area contributed by atoms with Crippen LogP contribution in [-0.4, -0.2) is 37.4 Å². The van der Waals surface area contributed by atoms with Gasteiger partial charge < -0.3 is 9.47 Å². The Kier molecular flexibility index (Phi) is 8.85.